The van der Waals surface area contributed by atoms with E-state index in [2.05, 4.69) is 17.5 Å². The lowest BCUT2D eigenvalue weighted by Crippen LogP contribution is -2.29. The fourth-order valence-corrected chi connectivity index (χ4v) is 2.08. The third-order valence-corrected chi connectivity index (χ3v) is 3.02. The highest BCUT2D eigenvalue weighted by molar-refractivity contribution is 5.35. The Morgan fingerprint density at radius 2 is 2.22 bits per heavy atom. The molecule has 0 amide bonds. The molecule has 2 rings (SSSR count). The second-order valence-corrected chi connectivity index (χ2v) is 4.44. The maximum absolute atomic E-state index is 13.2. The van der Waals surface area contributed by atoms with Crippen molar-refractivity contribution in [3.63, 3.8) is 0 Å². The van der Waals surface area contributed by atoms with Crippen molar-refractivity contribution < 1.29 is 9.31 Å². The van der Waals surface area contributed by atoms with Crippen LogP contribution in [0.1, 0.15) is 24.8 Å². The number of nitro groups is 1. The van der Waals surface area contributed by atoms with Gasteiger partial charge in [0.1, 0.15) is 5.82 Å². The third kappa shape index (κ3) is 3.37. The monoisotopic (exact) mass is 250 g/mol. The number of nitro benzene ring substituents is 1. The Morgan fingerprint density at radius 1 is 1.39 bits per heavy atom. The van der Waals surface area contributed by atoms with E-state index in [1.54, 1.807) is 0 Å². The standard InChI is InChI=1S/C13H15FN2O2/c14-11-6-10(7-13(8-11)16(17)18)9-15-12-4-2-1-3-5-12/h1-2,6-8,12,15H,3-5,9H2. The molecule has 4 nitrogen and oxygen atoms in total. The van der Waals surface area contributed by atoms with E-state index in [-0.39, 0.29) is 5.69 Å². The van der Waals surface area contributed by atoms with Crippen LogP contribution in [-0.4, -0.2) is 11.0 Å². The molecule has 0 saturated heterocycles. The fraction of sp³-hybridized carbons (Fsp3) is 0.385. The van der Waals surface area contributed by atoms with Crippen LogP contribution in [0, 0.1) is 15.9 Å². The van der Waals surface area contributed by atoms with Gasteiger partial charge < -0.3 is 5.32 Å². The molecule has 1 aliphatic rings. The number of rotatable bonds is 4. The Morgan fingerprint density at radius 3 is 2.89 bits per heavy atom. The zero-order valence-corrected chi connectivity index (χ0v) is 9.93. The number of halogens is 1. The van der Waals surface area contributed by atoms with E-state index < -0.39 is 10.7 Å². The molecule has 0 aromatic heterocycles. The van der Waals surface area contributed by atoms with Crippen LogP contribution in [0.2, 0.25) is 0 Å². The molecule has 0 fully saturated rings. The molecule has 0 aliphatic heterocycles. The van der Waals surface area contributed by atoms with Crippen LogP contribution < -0.4 is 5.32 Å². The van der Waals surface area contributed by atoms with Crippen LogP contribution in [-0.2, 0) is 6.54 Å². The fourth-order valence-electron chi connectivity index (χ4n) is 2.08. The molecular formula is C13H15FN2O2. The summed E-state index contributed by atoms with van der Waals surface area (Å²) in [4.78, 5) is 10.0. The molecule has 96 valence electrons. The van der Waals surface area contributed by atoms with E-state index in [9.17, 15) is 14.5 Å². The first kappa shape index (κ1) is 12.7. The van der Waals surface area contributed by atoms with E-state index in [1.165, 1.54) is 12.1 Å². The first-order chi connectivity index (χ1) is 8.65. The highest BCUT2D eigenvalue weighted by Gasteiger charge is 2.12. The zero-order valence-electron chi connectivity index (χ0n) is 9.93. The smallest absolute Gasteiger partial charge is 0.272 e. The van der Waals surface area contributed by atoms with Crippen molar-refractivity contribution >= 4 is 5.69 Å². The predicted molar refractivity (Wildman–Crippen MR) is 66.7 cm³/mol. The molecule has 0 bridgehead atoms. The van der Waals surface area contributed by atoms with Gasteiger partial charge in [-0.2, -0.15) is 0 Å². The Labute approximate surface area is 105 Å². The maximum atomic E-state index is 13.2. The van der Waals surface area contributed by atoms with Crippen LogP contribution in [0.3, 0.4) is 0 Å². The summed E-state index contributed by atoms with van der Waals surface area (Å²) in [6, 6.07) is 4.05. The Bertz CT molecular complexity index is 474. The summed E-state index contributed by atoms with van der Waals surface area (Å²) >= 11 is 0. The van der Waals surface area contributed by atoms with Crippen molar-refractivity contribution in [2.24, 2.45) is 0 Å². The Balaban J connectivity index is 2.00. The number of allylic oxidation sites excluding steroid dienone is 1. The number of nitrogens with one attached hydrogen (secondary N) is 1. The van der Waals surface area contributed by atoms with Crippen molar-refractivity contribution in [3.05, 3.63) is 51.8 Å². The van der Waals surface area contributed by atoms with Gasteiger partial charge in [0.2, 0.25) is 0 Å². The summed E-state index contributed by atoms with van der Waals surface area (Å²) in [6.45, 7) is 0.455. The highest BCUT2D eigenvalue weighted by atomic mass is 19.1. The number of non-ortho nitro benzene ring substituents is 1. The molecule has 1 aliphatic carbocycles. The van der Waals surface area contributed by atoms with Crippen molar-refractivity contribution in [1.82, 2.24) is 5.32 Å². The van der Waals surface area contributed by atoms with Crippen LogP contribution in [0.15, 0.2) is 30.4 Å². The SMILES string of the molecule is O=[N+]([O-])c1cc(F)cc(CNC2CC=CCC2)c1. The van der Waals surface area contributed by atoms with Crippen LogP contribution in [0.25, 0.3) is 0 Å². The van der Waals surface area contributed by atoms with Gasteiger partial charge in [-0.05, 0) is 30.9 Å². The average Bonchev–Trinajstić information content (AvgIpc) is 2.37. The van der Waals surface area contributed by atoms with Crippen molar-refractivity contribution in [2.75, 3.05) is 0 Å². The maximum Gasteiger partial charge on any atom is 0.272 e. The number of nitrogens with zero attached hydrogens (tertiary/aromatic N) is 1. The zero-order chi connectivity index (χ0) is 13.0. The molecule has 0 heterocycles. The summed E-state index contributed by atoms with van der Waals surface area (Å²) < 4.78 is 13.2. The van der Waals surface area contributed by atoms with Gasteiger partial charge in [-0.3, -0.25) is 10.1 Å². The van der Waals surface area contributed by atoms with Gasteiger partial charge in [0.25, 0.3) is 5.69 Å². The first-order valence-electron chi connectivity index (χ1n) is 5.97. The average molecular weight is 250 g/mol. The highest BCUT2D eigenvalue weighted by Crippen LogP contribution is 2.17. The molecule has 0 radical (unpaired) electrons. The second kappa shape index (κ2) is 5.73. The third-order valence-electron chi connectivity index (χ3n) is 3.02. The van der Waals surface area contributed by atoms with Gasteiger partial charge in [0.15, 0.2) is 0 Å². The van der Waals surface area contributed by atoms with E-state index in [1.807, 2.05) is 0 Å². The van der Waals surface area contributed by atoms with Crippen LogP contribution in [0.5, 0.6) is 0 Å². The van der Waals surface area contributed by atoms with Crippen molar-refractivity contribution in [1.29, 1.82) is 0 Å². The summed E-state index contributed by atoms with van der Waals surface area (Å²) in [5, 5.41) is 13.9. The van der Waals surface area contributed by atoms with Gasteiger partial charge in [-0.15, -0.1) is 0 Å². The van der Waals surface area contributed by atoms with Crippen LogP contribution in [0.4, 0.5) is 10.1 Å². The molecule has 18 heavy (non-hydrogen) atoms. The minimum Gasteiger partial charge on any atom is -0.310 e. The van der Waals surface area contributed by atoms with Crippen LogP contribution >= 0.6 is 0 Å². The van der Waals surface area contributed by atoms with Gasteiger partial charge in [0.05, 0.1) is 11.0 Å². The minimum absolute atomic E-state index is 0.199. The molecule has 1 atom stereocenters. The van der Waals surface area contributed by atoms with Crippen molar-refractivity contribution in [3.8, 4) is 0 Å². The van der Waals surface area contributed by atoms with E-state index in [4.69, 9.17) is 0 Å². The van der Waals surface area contributed by atoms with E-state index in [0.717, 1.165) is 25.3 Å². The minimum atomic E-state index is -0.573. The molecular weight excluding hydrogens is 235 g/mol. The lowest BCUT2D eigenvalue weighted by atomic mass is 10.0. The lowest BCUT2D eigenvalue weighted by Gasteiger charge is -2.19. The Kier molecular flexibility index (Phi) is 4.04. The summed E-state index contributed by atoms with van der Waals surface area (Å²) in [5.74, 6) is -0.565. The lowest BCUT2D eigenvalue weighted by molar-refractivity contribution is -0.385. The topological polar surface area (TPSA) is 55.2 Å². The molecule has 0 saturated carbocycles. The van der Waals surface area contributed by atoms with Crippen molar-refractivity contribution in [2.45, 2.75) is 31.8 Å². The Hall–Kier alpha value is -1.75. The van der Waals surface area contributed by atoms with Gasteiger partial charge in [-0.1, -0.05) is 12.2 Å². The van der Waals surface area contributed by atoms with Gasteiger partial charge >= 0.3 is 0 Å². The molecule has 0 spiro atoms. The number of hydrogen-bond acceptors (Lipinski definition) is 3. The molecule has 5 heteroatoms. The number of hydrogen-bond donors (Lipinski definition) is 1. The first-order valence-corrected chi connectivity index (χ1v) is 5.97. The molecule has 1 aromatic carbocycles. The van der Waals surface area contributed by atoms with E-state index >= 15 is 0 Å². The van der Waals surface area contributed by atoms with Gasteiger partial charge in [0, 0.05) is 18.7 Å². The van der Waals surface area contributed by atoms with Gasteiger partial charge in [-0.25, -0.2) is 4.39 Å². The summed E-state index contributed by atoms with van der Waals surface area (Å²) in [7, 11) is 0. The normalized spacial score (nSPS) is 18.8. The summed E-state index contributed by atoms with van der Waals surface area (Å²) in [6.07, 6.45) is 7.31. The predicted octanol–water partition coefficient (Wildman–Crippen LogP) is 2.93. The van der Waals surface area contributed by atoms with E-state index in [0.29, 0.717) is 18.2 Å². The second-order valence-electron chi connectivity index (χ2n) is 4.44. The largest absolute Gasteiger partial charge is 0.310 e. The molecule has 1 unspecified atom stereocenters. The summed E-state index contributed by atoms with van der Waals surface area (Å²) in [5.41, 5.74) is 0.409. The number of benzene rings is 1. The molecule has 1 N–H and O–H groups in total. The quantitative estimate of drug-likeness (QED) is 0.508. The molecule has 1 aromatic rings.